The van der Waals surface area contributed by atoms with E-state index in [1.165, 1.54) is 0 Å². The van der Waals surface area contributed by atoms with Crippen molar-refractivity contribution in [3.63, 3.8) is 0 Å². The van der Waals surface area contributed by atoms with E-state index in [1.54, 1.807) is 0 Å². The van der Waals surface area contributed by atoms with Crippen LogP contribution in [0.5, 0.6) is 5.75 Å². The molecule has 0 bridgehead atoms. The third-order valence-corrected chi connectivity index (χ3v) is 6.42. The Morgan fingerprint density at radius 2 is 2.12 bits per heavy atom. The van der Waals surface area contributed by atoms with E-state index in [9.17, 15) is 4.79 Å². The lowest BCUT2D eigenvalue weighted by molar-refractivity contribution is 0.0656. The number of rotatable bonds is 10. The van der Waals surface area contributed by atoms with E-state index in [4.69, 9.17) is 9.47 Å². The molecule has 3 aromatic rings. The molecule has 33 heavy (non-hydrogen) atoms. The molecule has 1 aromatic carbocycles. The first-order chi connectivity index (χ1) is 15.9. The Morgan fingerprint density at radius 1 is 1.27 bits per heavy atom. The van der Waals surface area contributed by atoms with Crippen LogP contribution in [0.2, 0.25) is 0 Å². The fourth-order valence-corrected chi connectivity index (χ4v) is 4.23. The second-order valence-corrected chi connectivity index (χ2v) is 9.28. The van der Waals surface area contributed by atoms with Gasteiger partial charge in [-0.1, -0.05) is 6.92 Å². The van der Waals surface area contributed by atoms with Crippen LogP contribution in [0.3, 0.4) is 0 Å². The summed E-state index contributed by atoms with van der Waals surface area (Å²) in [4.78, 5) is 18.1. The first-order valence-electron chi connectivity index (χ1n) is 11.8. The number of tetrazole rings is 1. The highest BCUT2D eigenvalue weighted by Crippen LogP contribution is 2.23. The minimum atomic E-state index is -0.190. The number of pyridine rings is 1. The Balaban J connectivity index is 1.63. The number of benzene rings is 1. The van der Waals surface area contributed by atoms with Gasteiger partial charge in [-0.15, -0.1) is 5.10 Å². The average molecular weight is 455 g/mol. The Bertz CT molecular complexity index is 1130. The molecule has 3 heterocycles. The molecule has 1 aliphatic rings. The summed E-state index contributed by atoms with van der Waals surface area (Å²) in [6.45, 7) is 11.4. The predicted molar refractivity (Wildman–Crippen MR) is 126 cm³/mol. The van der Waals surface area contributed by atoms with Crippen LogP contribution in [0.15, 0.2) is 29.1 Å². The Morgan fingerprint density at radius 3 is 2.85 bits per heavy atom. The Kier molecular flexibility index (Phi) is 7.09. The quantitative estimate of drug-likeness (QED) is 0.502. The number of hydrogen-bond donors (Lipinski definition) is 1. The van der Waals surface area contributed by atoms with E-state index in [0.29, 0.717) is 25.3 Å². The number of H-pyrrole nitrogens is 1. The van der Waals surface area contributed by atoms with Crippen molar-refractivity contribution in [3.05, 3.63) is 46.0 Å². The zero-order chi connectivity index (χ0) is 23.4. The van der Waals surface area contributed by atoms with Crippen molar-refractivity contribution in [2.75, 3.05) is 19.8 Å². The van der Waals surface area contributed by atoms with Gasteiger partial charge in [0, 0.05) is 36.2 Å². The van der Waals surface area contributed by atoms with Crippen LogP contribution in [0.25, 0.3) is 10.9 Å². The van der Waals surface area contributed by atoms with Crippen molar-refractivity contribution >= 4 is 10.9 Å². The van der Waals surface area contributed by atoms with Crippen LogP contribution in [-0.4, -0.2) is 56.0 Å². The van der Waals surface area contributed by atoms with Crippen molar-refractivity contribution in [2.24, 2.45) is 0 Å². The van der Waals surface area contributed by atoms with E-state index >= 15 is 0 Å². The molecule has 178 valence electrons. The molecular formula is C24H34N6O3. The second-order valence-electron chi connectivity index (χ2n) is 9.28. The van der Waals surface area contributed by atoms with E-state index in [1.807, 2.05) is 35.9 Å². The average Bonchev–Trinajstić information content (AvgIpc) is 3.47. The van der Waals surface area contributed by atoms with Gasteiger partial charge in [-0.3, -0.25) is 9.69 Å². The molecule has 0 amide bonds. The number of fused-ring (bicyclic) bond motifs is 1. The fourth-order valence-electron chi connectivity index (χ4n) is 4.23. The fraction of sp³-hybridized carbons (Fsp3) is 0.583. The number of aromatic amines is 1. The highest BCUT2D eigenvalue weighted by Gasteiger charge is 2.26. The number of nitrogens with one attached hydrogen (secondary N) is 1. The maximum Gasteiger partial charge on any atom is 0.252 e. The summed E-state index contributed by atoms with van der Waals surface area (Å²) in [7, 11) is 0. The highest BCUT2D eigenvalue weighted by atomic mass is 16.5. The largest absolute Gasteiger partial charge is 0.494 e. The number of hydrogen-bond acceptors (Lipinski definition) is 7. The van der Waals surface area contributed by atoms with Gasteiger partial charge in [-0.2, -0.15) is 0 Å². The van der Waals surface area contributed by atoms with Gasteiger partial charge in [0.1, 0.15) is 5.75 Å². The lowest BCUT2D eigenvalue weighted by atomic mass is 10.0. The third kappa shape index (κ3) is 5.42. The highest BCUT2D eigenvalue weighted by molar-refractivity contribution is 5.80. The molecule has 0 spiro atoms. The van der Waals surface area contributed by atoms with Gasteiger partial charge in [-0.25, -0.2) is 4.68 Å². The van der Waals surface area contributed by atoms with Crippen molar-refractivity contribution in [3.8, 4) is 5.75 Å². The van der Waals surface area contributed by atoms with Crippen molar-refractivity contribution in [1.82, 2.24) is 30.1 Å². The lowest BCUT2D eigenvalue weighted by Crippen LogP contribution is -2.36. The molecule has 1 N–H and O–H groups in total. The van der Waals surface area contributed by atoms with Gasteiger partial charge < -0.3 is 14.5 Å². The van der Waals surface area contributed by atoms with Gasteiger partial charge in [0.05, 0.1) is 24.8 Å². The van der Waals surface area contributed by atoms with Crippen LogP contribution in [0.1, 0.15) is 58.3 Å². The van der Waals surface area contributed by atoms with Crippen LogP contribution in [0.4, 0.5) is 0 Å². The molecular weight excluding hydrogens is 420 g/mol. The summed E-state index contributed by atoms with van der Waals surface area (Å²) in [6.07, 6.45) is 3.14. The van der Waals surface area contributed by atoms with Crippen molar-refractivity contribution in [2.45, 2.75) is 71.7 Å². The van der Waals surface area contributed by atoms with Crippen LogP contribution >= 0.6 is 0 Å². The standard InChI is InChI=1S/C24H34N6O3/c1-5-24(3,4)30-22(26-27-28-30)16-29(15-20-8-7-11-33-20)14-18-12-17-13-19(32-6-2)9-10-21(17)25-23(18)31/h9-10,12-13,20H,5-8,11,14-16H2,1-4H3,(H,25,31)/t20-/m1/s1. The number of ether oxygens (including phenoxy) is 2. The first-order valence-corrected chi connectivity index (χ1v) is 11.8. The molecule has 0 aliphatic carbocycles. The molecule has 0 unspecified atom stereocenters. The molecule has 1 atom stereocenters. The maximum absolute atomic E-state index is 12.9. The maximum atomic E-state index is 12.9. The minimum absolute atomic E-state index is 0.0857. The lowest BCUT2D eigenvalue weighted by Gasteiger charge is -2.28. The van der Waals surface area contributed by atoms with E-state index in [2.05, 4.69) is 46.2 Å². The van der Waals surface area contributed by atoms with Gasteiger partial charge in [0.25, 0.3) is 5.56 Å². The molecule has 1 saturated heterocycles. The van der Waals surface area contributed by atoms with E-state index in [0.717, 1.165) is 54.9 Å². The van der Waals surface area contributed by atoms with Crippen molar-refractivity contribution < 1.29 is 9.47 Å². The Labute approximate surface area is 194 Å². The van der Waals surface area contributed by atoms with Gasteiger partial charge in [0.15, 0.2) is 5.82 Å². The number of aromatic nitrogens is 5. The van der Waals surface area contributed by atoms with Gasteiger partial charge >= 0.3 is 0 Å². The smallest absolute Gasteiger partial charge is 0.252 e. The molecule has 2 aromatic heterocycles. The summed E-state index contributed by atoms with van der Waals surface area (Å²) >= 11 is 0. The van der Waals surface area contributed by atoms with Crippen LogP contribution in [-0.2, 0) is 23.4 Å². The SMILES string of the molecule is CCOc1ccc2[nH]c(=O)c(CN(Cc3nnnn3C(C)(C)CC)C[C@H]3CCCO3)cc2c1. The van der Waals surface area contributed by atoms with Gasteiger partial charge in [-0.05, 0) is 74.7 Å². The normalized spacial score (nSPS) is 16.7. The topological polar surface area (TPSA) is 98.2 Å². The zero-order valence-electron chi connectivity index (χ0n) is 20.0. The molecule has 1 fully saturated rings. The first kappa shape index (κ1) is 23.4. The van der Waals surface area contributed by atoms with E-state index in [-0.39, 0.29) is 17.2 Å². The molecule has 0 saturated carbocycles. The summed E-state index contributed by atoms with van der Waals surface area (Å²) in [5.41, 5.74) is 1.22. The van der Waals surface area contributed by atoms with E-state index < -0.39 is 0 Å². The summed E-state index contributed by atoms with van der Waals surface area (Å²) in [6, 6.07) is 7.68. The zero-order valence-corrected chi connectivity index (χ0v) is 20.0. The van der Waals surface area contributed by atoms with Crippen molar-refractivity contribution in [1.29, 1.82) is 0 Å². The molecule has 1 aliphatic heterocycles. The van der Waals surface area contributed by atoms with Crippen LogP contribution in [0, 0.1) is 0 Å². The summed E-state index contributed by atoms with van der Waals surface area (Å²) < 4.78 is 13.4. The molecule has 4 rings (SSSR count). The van der Waals surface area contributed by atoms with Crippen LogP contribution < -0.4 is 10.3 Å². The minimum Gasteiger partial charge on any atom is -0.494 e. The molecule has 0 radical (unpaired) electrons. The Hall–Kier alpha value is -2.78. The molecule has 9 nitrogen and oxygen atoms in total. The second kappa shape index (κ2) is 10.0. The monoisotopic (exact) mass is 454 g/mol. The number of nitrogens with zero attached hydrogens (tertiary/aromatic N) is 5. The summed E-state index contributed by atoms with van der Waals surface area (Å²) in [5.74, 6) is 1.58. The van der Waals surface area contributed by atoms with Gasteiger partial charge in [0.2, 0.25) is 0 Å². The third-order valence-electron chi connectivity index (χ3n) is 6.42. The molecule has 9 heteroatoms. The predicted octanol–water partition coefficient (Wildman–Crippen LogP) is 3.24. The summed E-state index contributed by atoms with van der Waals surface area (Å²) in [5, 5.41) is 13.4.